The molecule has 0 aromatic carbocycles. The van der Waals surface area contributed by atoms with Crippen LogP contribution in [0.3, 0.4) is 0 Å². The maximum Gasteiger partial charge on any atom is 0.246 e. The SMILES string of the molecule is CC(C)C1OC(CO)C(O)C(OC2OC(COCC(=O)NCCCN)C(O)C(OC3OC(CO)C(O)C(OC4OC(COC5OC(CO)C(O)C(OC6OC(CO)C(O)C(OC7OC(CO)C(OCC(=O)NCCCN)C(O)C7O)C6O)C5O)C(O)C(OC5OC(CO)C(O)C(OC6OC(CO)C(O)C(O)C6O)C5O)C4O)C3O)C2O)C1O. The van der Waals surface area contributed by atoms with Crippen LogP contribution in [0.15, 0.2) is 0 Å². The molecular formula is C67H118N4O47. The molecule has 51 heteroatoms. The van der Waals surface area contributed by atoms with Gasteiger partial charge in [-0.3, -0.25) is 9.59 Å². The summed E-state index contributed by atoms with van der Waals surface area (Å²) in [6, 6.07) is 0. The van der Waals surface area contributed by atoms with Crippen molar-refractivity contribution in [2.75, 3.05) is 98.9 Å². The van der Waals surface area contributed by atoms with E-state index in [4.69, 9.17) is 101 Å². The third-order valence-electron chi connectivity index (χ3n) is 21.6. The molecule has 0 saturated carbocycles. The van der Waals surface area contributed by atoms with E-state index in [1.807, 2.05) is 0 Å². The van der Waals surface area contributed by atoms with Crippen LogP contribution in [0.25, 0.3) is 0 Å². The van der Waals surface area contributed by atoms with Crippen molar-refractivity contribution in [1.29, 1.82) is 0 Å². The molecule has 9 fully saturated rings. The topological polar surface area (TPSA) is 812 Å². The maximum absolute atomic E-state index is 12.7. The molecule has 0 radical (unpaired) electrons. The van der Waals surface area contributed by atoms with Crippen molar-refractivity contribution in [3.8, 4) is 0 Å². The molecule has 9 aliphatic heterocycles. The van der Waals surface area contributed by atoms with Crippen LogP contribution in [0.4, 0.5) is 0 Å². The number of aliphatic hydroxyl groups excluding tert-OH is 26. The Morgan fingerprint density at radius 3 is 0.907 bits per heavy atom. The molecule has 2 amide bonds. The van der Waals surface area contributed by atoms with Crippen LogP contribution >= 0.6 is 0 Å². The highest BCUT2D eigenvalue weighted by Crippen LogP contribution is 2.40. The van der Waals surface area contributed by atoms with Gasteiger partial charge in [0.1, 0.15) is 233 Å². The zero-order valence-electron chi connectivity index (χ0n) is 63.9. The minimum atomic E-state index is -2.56. The first-order valence-electron chi connectivity index (χ1n) is 38.6. The van der Waals surface area contributed by atoms with Gasteiger partial charge < -0.3 is 245 Å². The number of rotatable bonds is 38. The van der Waals surface area contributed by atoms with E-state index in [-0.39, 0.29) is 26.2 Å². The average Bonchev–Trinajstić information content (AvgIpc) is 0.771. The molecule has 45 unspecified atom stereocenters. The van der Waals surface area contributed by atoms with Gasteiger partial charge in [0, 0.05) is 13.1 Å². The molecule has 0 bridgehead atoms. The van der Waals surface area contributed by atoms with Crippen molar-refractivity contribution < 1.29 is 232 Å². The summed E-state index contributed by atoms with van der Waals surface area (Å²) < 4.78 is 110. The lowest BCUT2D eigenvalue weighted by atomic mass is 9.89. The summed E-state index contributed by atoms with van der Waals surface area (Å²) in [5.74, 6) is -1.82. The monoisotopic (exact) mass is 1730 g/mol. The molecule has 45 atom stereocenters. The number of nitrogens with one attached hydrogen (secondary N) is 2. The molecule has 9 saturated heterocycles. The van der Waals surface area contributed by atoms with Gasteiger partial charge in [0.25, 0.3) is 0 Å². The summed E-state index contributed by atoms with van der Waals surface area (Å²) >= 11 is 0. The Kier molecular flexibility index (Phi) is 38.1. The van der Waals surface area contributed by atoms with Crippen molar-refractivity contribution in [3.63, 3.8) is 0 Å². The Balaban J connectivity index is 0.982. The summed E-state index contributed by atoms with van der Waals surface area (Å²) in [6.07, 6.45) is -92.4. The highest BCUT2D eigenvalue weighted by Gasteiger charge is 2.61. The van der Waals surface area contributed by atoms with Crippen LogP contribution in [-0.4, -0.2) is 520 Å². The van der Waals surface area contributed by atoms with Crippen LogP contribution in [0, 0.1) is 5.92 Å². The van der Waals surface area contributed by atoms with Gasteiger partial charge in [-0.1, -0.05) is 13.8 Å². The van der Waals surface area contributed by atoms with Gasteiger partial charge in [-0.05, 0) is 31.8 Å². The quantitative estimate of drug-likeness (QED) is 0.0255. The second kappa shape index (κ2) is 45.5. The van der Waals surface area contributed by atoms with Gasteiger partial charge in [-0.2, -0.15) is 0 Å². The lowest BCUT2D eigenvalue weighted by molar-refractivity contribution is -0.401. The van der Waals surface area contributed by atoms with Crippen LogP contribution in [0.1, 0.15) is 26.7 Å². The van der Waals surface area contributed by atoms with E-state index in [2.05, 4.69) is 10.6 Å². The van der Waals surface area contributed by atoms with Crippen molar-refractivity contribution in [2.45, 2.75) is 303 Å². The molecule has 32 N–H and O–H groups in total. The summed E-state index contributed by atoms with van der Waals surface area (Å²) in [4.78, 5) is 25.1. The summed E-state index contributed by atoms with van der Waals surface area (Å²) in [5.41, 5.74) is 11.0. The van der Waals surface area contributed by atoms with Gasteiger partial charge in [-0.25, -0.2) is 0 Å². The average molecular weight is 1730 g/mol. The number of ether oxygens (including phenoxy) is 19. The van der Waals surface area contributed by atoms with Crippen LogP contribution in [-0.2, 0) is 99.6 Å². The zero-order chi connectivity index (χ0) is 86.6. The first-order chi connectivity index (χ1) is 56.2. The lowest BCUT2D eigenvalue weighted by Crippen LogP contribution is -2.69. The highest BCUT2D eigenvalue weighted by atomic mass is 16.8. The first kappa shape index (κ1) is 98.8. The van der Waals surface area contributed by atoms with Gasteiger partial charge in [0.05, 0.1) is 65.6 Å². The Labute approximate surface area is 672 Å². The normalized spacial score (nSPS) is 47.2. The van der Waals surface area contributed by atoms with Crippen molar-refractivity contribution in [2.24, 2.45) is 17.4 Å². The number of hydrogen-bond donors (Lipinski definition) is 30. The predicted octanol–water partition coefficient (Wildman–Crippen LogP) is -19.9. The van der Waals surface area contributed by atoms with Crippen molar-refractivity contribution in [3.05, 3.63) is 0 Å². The fourth-order valence-corrected chi connectivity index (χ4v) is 14.8. The highest BCUT2D eigenvalue weighted by molar-refractivity contribution is 5.77. The lowest BCUT2D eigenvalue weighted by Gasteiger charge is -2.50. The van der Waals surface area contributed by atoms with E-state index >= 15 is 0 Å². The van der Waals surface area contributed by atoms with Gasteiger partial charge in [0.2, 0.25) is 11.8 Å². The van der Waals surface area contributed by atoms with Crippen LogP contribution < -0.4 is 22.1 Å². The molecule has 51 nitrogen and oxygen atoms in total. The third-order valence-corrected chi connectivity index (χ3v) is 21.6. The molecule has 118 heavy (non-hydrogen) atoms. The number of carbonyl (C=O) groups excluding carboxylic acids is 2. The minimum absolute atomic E-state index is 0.147. The van der Waals surface area contributed by atoms with E-state index in [1.165, 1.54) is 0 Å². The van der Waals surface area contributed by atoms with Crippen molar-refractivity contribution >= 4 is 11.8 Å². The fraction of sp³-hybridized carbons (Fsp3) is 0.970. The molecule has 9 rings (SSSR count). The number of nitrogens with two attached hydrogens (primary N) is 2. The Morgan fingerprint density at radius 1 is 0.288 bits per heavy atom. The number of aliphatic hydroxyl groups is 26. The molecule has 9 aliphatic rings. The molecule has 0 aromatic rings. The summed E-state index contributed by atoms with van der Waals surface area (Å²) in [5, 5.41) is 298. The zero-order valence-corrected chi connectivity index (χ0v) is 63.9. The third kappa shape index (κ3) is 22.9. The summed E-state index contributed by atoms with van der Waals surface area (Å²) in [7, 11) is 0. The number of carbonyl (C=O) groups is 2. The van der Waals surface area contributed by atoms with Gasteiger partial charge >= 0.3 is 0 Å². The minimum Gasteiger partial charge on any atom is -0.394 e. The Bertz CT molecular complexity index is 2960. The largest absolute Gasteiger partial charge is 0.394 e. The molecule has 0 aliphatic carbocycles. The van der Waals surface area contributed by atoms with E-state index in [0.717, 1.165) is 0 Å². The van der Waals surface area contributed by atoms with E-state index in [0.29, 0.717) is 12.8 Å². The molecule has 9 heterocycles. The second-order valence-electron chi connectivity index (χ2n) is 30.1. The van der Waals surface area contributed by atoms with E-state index < -0.39 is 367 Å². The Morgan fingerprint density at radius 2 is 0.559 bits per heavy atom. The molecule has 0 spiro atoms. The predicted molar refractivity (Wildman–Crippen MR) is 371 cm³/mol. The standard InChI is InChI=1S/C67H118N4O47/c1-20(2)51-44(93)53(33(82)22(10-73)103-51)112-66-49(98)58(38(87)28(110-66)16-100-18-30(79)70-7-3-5-68)117-65-48(97)57(37(86)26(14-77)108-65)116-67-50(99)59(118-64-46(95)55(35(84)24(12-75)107-64)113-61-42(91)40(89)32(81)21(9-72)105-61)39(88)29(111-67)17-102-60-45(94)54(34(83)23(11-74)104-60)115-63-47(96)56(36(85)25(13-76)106-63)114-62-43(92)41(90)52(27(15-78)109-62)101-19-31(80)71-8-4-6-69/h20-29,32-67,72-78,81-99H,3-19,68-69H2,1-2H3,(H,70,79)(H,71,80). The molecule has 688 valence electrons. The number of amides is 2. The second-order valence-corrected chi connectivity index (χ2v) is 30.1. The fourth-order valence-electron chi connectivity index (χ4n) is 14.8. The smallest absolute Gasteiger partial charge is 0.246 e. The van der Waals surface area contributed by atoms with E-state index in [1.54, 1.807) is 13.8 Å². The van der Waals surface area contributed by atoms with Crippen LogP contribution in [0.2, 0.25) is 0 Å². The molecule has 0 aromatic heterocycles. The molecular weight excluding hydrogens is 1610 g/mol. The van der Waals surface area contributed by atoms with Gasteiger partial charge in [-0.15, -0.1) is 0 Å². The Hall–Kier alpha value is -2.94. The van der Waals surface area contributed by atoms with E-state index in [9.17, 15) is 142 Å². The summed E-state index contributed by atoms with van der Waals surface area (Å²) in [6.45, 7) is -6.55. The van der Waals surface area contributed by atoms with Crippen LogP contribution in [0.5, 0.6) is 0 Å². The number of hydrogen-bond acceptors (Lipinski definition) is 49. The van der Waals surface area contributed by atoms with Crippen molar-refractivity contribution in [1.82, 2.24) is 10.6 Å². The van der Waals surface area contributed by atoms with Gasteiger partial charge in [0.15, 0.2) is 50.3 Å². The maximum atomic E-state index is 12.7. The first-order valence-corrected chi connectivity index (χ1v) is 38.6.